The van der Waals surface area contributed by atoms with Gasteiger partial charge in [0.25, 0.3) is 0 Å². The Hall–Kier alpha value is -1.56. The number of carbonyl (C=O) groups excluding carboxylic acids is 1. The van der Waals surface area contributed by atoms with Gasteiger partial charge in [-0.2, -0.15) is 13.2 Å². The van der Waals surface area contributed by atoms with Crippen LogP contribution < -0.4 is 0 Å². The molecule has 19 heavy (non-hydrogen) atoms. The summed E-state index contributed by atoms with van der Waals surface area (Å²) < 4.78 is 37.2. The van der Waals surface area contributed by atoms with Crippen LogP contribution >= 0.6 is 0 Å². The van der Waals surface area contributed by atoms with Crippen LogP contribution in [0.25, 0.3) is 0 Å². The standard InChI is InChI=1S/C13H14F3NO2/c1-17(19-2)12(18)11-7-10(11)8-3-5-9(6-4-8)13(14,15)16/h3-6,10-11H,7H2,1-2H3. The minimum absolute atomic E-state index is 0.00705. The Balaban J connectivity index is 2.04. The van der Waals surface area contributed by atoms with E-state index in [2.05, 4.69) is 0 Å². The van der Waals surface area contributed by atoms with E-state index in [1.165, 1.54) is 26.3 Å². The molecule has 3 nitrogen and oxygen atoms in total. The summed E-state index contributed by atoms with van der Waals surface area (Å²) in [6.07, 6.45) is -3.68. The molecule has 0 aromatic heterocycles. The van der Waals surface area contributed by atoms with E-state index >= 15 is 0 Å². The molecule has 0 saturated heterocycles. The molecular weight excluding hydrogens is 259 g/mol. The van der Waals surface area contributed by atoms with Gasteiger partial charge in [-0.25, -0.2) is 5.06 Å². The fourth-order valence-corrected chi connectivity index (χ4v) is 2.08. The predicted octanol–water partition coefficient (Wildman–Crippen LogP) is 2.83. The summed E-state index contributed by atoms with van der Waals surface area (Å²) in [5.41, 5.74) is 0.0876. The van der Waals surface area contributed by atoms with Crippen LogP contribution in [0.1, 0.15) is 23.5 Å². The van der Waals surface area contributed by atoms with E-state index in [-0.39, 0.29) is 17.7 Å². The van der Waals surface area contributed by atoms with Crippen LogP contribution in [0.2, 0.25) is 0 Å². The van der Waals surface area contributed by atoms with E-state index in [1.807, 2.05) is 0 Å². The first-order valence-electron chi connectivity index (χ1n) is 5.83. The van der Waals surface area contributed by atoms with Crippen molar-refractivity contribution < 1.29 is 22.8 Å². The Bertz CT molecular complexity index is 470. The molecular formula is C13H14F3NO2. The lowest BCUT2D eigenvalue weighted by Crippen LogP contribution is -2.27. The fraction of sp³-hybridized carbons (Fsp3) is 0.462. The lowest BCUT2D eigenvalue weighted by molar-refractivity contribution is -0.170. The number of rotatable bonds is 3. The third kappa shape index (κ3) is 2.89. The molecule has 1 aromatic carbocycles. The SMILES string of the molecule is CON(C)C(=O)C1CC1c1ccc(C(F)(F)F)cc1. The molecule has 0 bridgehead atoms. The second kappa shape index (κ2) is 4.85. The van der Waals surface area contributed by atoms with Crippen molar-refractivity contribution in [1.82, 2.24) is 5.06 Å². The topological polar surface area (TPSA) is 29.5 Å². The van der Waals surface area contributed by atoms with Crippen molar-refractivity contribution in [2.75, 3.05) is 14.2 Å². The van der Waals surface area contributed by atoms with Gasteiger partial charge in [0.2, 0.25) is 5.91 Å². The lowest BCUT2D eigenvalue weighted by atomic mass is 10.1. The van der Waals surface area contributed by atoms with Crippen molar-refractivity contribution in [3.05, 3.63) is 35.4 Å². The van der Waals surface area contributed by atoms with Crippen molar-refractivity contribution in [3.8, 4) is 0 Å². The molecule has 0 spiro atoms. The number of hydroxylamine groups is 2. The molecule has 2 rings (SSSR count). The van der Waals surface area contributed by atoms with E-state index in [1.54, 1.807) is 0 Å². The summed E-state index contributed by atoms with van der Waals surface area (Å²) in [6, 6.07) is 4.98. The number of nitrogens with zero attached hydrogens (tertiary/aromatic N) is 1. The van der Waals surface area contributed by atoms with Gasteiger partial charge in [-0.3, -0.25) is 9.63 Å². The average Bonchev–Trinajstić information content (AvgIpc) is 3.16. The average molecular weight is 273 g/mol. The van der Waals surface area contributed by atoms with Gasteiger partial charge in [0.1, 0.15) is 0 Å². The molecule has 6 heteroatoms. The molecule has 1 fully saturated rings. The molecule has 1 amide bonds. The molecule has 104 valence electrons. The van der Waals surface area contributed by atoms with Crippen molar-refractivity contribution in [2.24, 2.45) is 5.92 Å². The van der Waals surface area contributed by atoms with Crippen LogP contribution in [0.15, 0.2) is 24.3 Å². The summed E-state index contributed by atoms with van der Waals surface area (Å²) in [4.78, 5) is 16.6. The minimum Gasteiger partial charge on any atom is -0.275 e. The molecule has 1 aliphatic carbocycles. The number of carbonyl (C=O) groups is 1. The van der Waals surface area contributed by atoms with E-state index < -0.39 is 11.7 Å². The predicted molar refractivity (Wildman–Crippen MR) is 62.1 cm³/mol. The Morgan fingerprint density at radius 2 is 1.89 bits per heavy atom. The third-order valence-electron chi connectivity index (χ3n) is 3.36. The Kier molecular flexibility index (Phi) is 3.54. The van der Waals surface area contributed by atoms with E-state index in [0.717, 1.165) is 22.8 Å². The van der Waals surface area contributed by atoms with Gasteiger partial charge < -0.3 is 0 Å². The van der Waals surface area contributed by atoms with Crippen molar-refractivity contribution in [1.29, 1.82) is 0 Å². The second-order valence-electron chi connectivity index (χ2n) is 4.59. The lowest BCUT2D eigenvalue weighted by Gasteiger charge is -2.13. The zero-order chi connectivity index (χ0) is 14.2. The zero-order valence-electron chi connectivity index (χ0n) is 10.6. The highest BCUT2D eigenvalue weighted by atomic mass is 19.4. The first-order chi connectivity index (χ1) is 8.84. The normalized spacial score (nSPS) is 22.2. The third-order valence-corrected chi connectivity index (χ3v) is 3.36. The van der Waals surface area contributed by atoms with Crippen molar-refractivity contribution >= 4 is 5.91 Å². The van der Waals surface area contributed by atoms with Crippen LogP contribution in [0.5, 0.6) is 0 Å². The molecule has 2 atom stereocenters. The number of benzene rings is 1. The van der Waals surface area contributed by atoms with Gasteiger partial charge in [-0.05, 0) is 30.0 Å². The molecule has 0 radical (unpaired) electrons. The molecule has 0 aliphatic heterocycles. The van der Waals surface area contributed by atoms with Crippen molar-refractivity contribution in [2.45, 2.75) is 18.5 Å². The Morgan fingerprint density at radius 3 is 2.37 bits per heavy atom. The highest BCUT2D eigenvalue weighted by Crippen LogP contribution is 2.48. The van der Waals surface area contributed by atoms with Crippen LogP contribution in [0.3, 0.4) is 0 Å². The largest absolute Gasteiger partial charge is 0.416 e. The maximum absolute atomic E-state index is 12.4. The van der Waals surface area contributed by atoms with Gasteiger partial charge in [-0.15, -0.1) is 0 Å². The van der Waals surface area contributed by atoms with Crippen LogP contribution in [-0.4, -0.2) is 25.1 Å². The first-order valence-corrected chi connectivity index (χ1v) is 5.83. The second-order valence-corrected chi connectivity index (χ2v) is 4.59. The summed E-state index contributed by atoms with van der Waals surface area (Å²) in [5.74, 6) is -0.346. The van der Waals surface area contributed by atoms with E-state index in [9.17, 15) is 18.0 Å². The summed E-state index contributed by atoms with van der Waals surface area (Å²) in [5, 5.41) is 1.15. The highest BCUT2D eigenvalue weighted by Gasteiger charge is 2.45. The summed E-state index contributed by atoms with van der Waals surface area (Å²) in [7, 11) is 2.91. The van der Waals surface area contributed by atoms with Gasteiger partial charge >= 0.3 is 6.18 Å². The monoisotopic (exact) mass is 273 g/mol. The fourth-order valence-electron chi connectivity index (χ4n) is 2.08. The maximum Gasteiger partial charge on any atom is 0.416 e. The van der Waals surface area contributed by atoms with Gasteiger partial charge in [0, 0.05) is 13.0 Å². The molecule has 2 unspecified atom stereocenters. The van der Waals surface area contributed by atoms with Gasteiger partial charge in [-0.1, -0.05) is 12.1 Å². The molecule has 1 aromatic rings. The van der Waals surface area contributed by atoms with Gasteiger partial charge in [0.05, 0.1) is 12.7 Å². The van der Waals surface area contributed by atoms with Crippen molar-refractivity contribution in [3.63, 3.8) is 0 Å². The highest BCUT2D eigenvalue weighted by molar-refractivity contribution is 5.81. The number of alkyl halides is 3. The number of hydrogen-bond acceptors (Lipinski definition) is 2. The molecule has 1 aliphatic rings. The van der Waals surface area contributed by atoms with Crippen LogP contribution in [0.4, 0.5) is 13.2 Å². The number of hydrogen-bond donors (Lipinski definition) is 0. The van der Waals surface area contributed by atoms with E-state index in [4.69, 9.17) is 4.84 Å². The number of halogens is 3. The summed E-state index contributed by atoms with van der Waals surface area (Å²) in [6.45, 7) is 0. The Labute approximate surface area is 108 Å². The van der Waals surface area contributed by atoms with Gasteiger partial charge in [0.15, 0.2) is 0 Å². The maximum atomic E-state index is 12.4. The summed E-state index contributed by atoms with van der Waals surface area (Å²) >= 11 is 0. The first kappa shape index (κ1) is 13.9. The molecule has 1 saturated carbocycles. The Morgan fingerprint density at radius 1 is 1.32 bits per heavy atom. The van der Waals surface area contributed by atoms with Crippen LogP contribution in [-0.2, 0) is 15.8 Å². The molecule has 0 heterocycles. The van der Waals surface area contributed by atoms with Crippen LogP contribution in [0, 0.1) is 5.92 Å². The van der Waals surface area contributed by atoms with E-state index in [0.29, 0.717) is 6.42 Å². The smallest absolute Gasteiger partial charge is 0.275 e. The zero-order valence-corrected chi connectivity index (χ0v) is 10.6. The number of amides is 1. The quantitative estimate of drug-likeness (QED) is 0.792. The molecule has 0 N–H and O–H groups in total. The minimum atomic E-state index is -4.33.